The third kappa shape index (κ3) is 2.87. The van der Waals surface area contributed by atoms with Crippen LogP contribution in [0.5, 0.6) is 0 Å². The SMILES string of the molecule is Nc1cnc2ccsc2c1NCCCCCO. The van der Waals surface area contributed by atoms with Gasteiger partial charge in [-0.05, 0) is 30.7 Å². The molecule has 2 heterocycles. The highest BCUT2D eigenvalue weighted by Gasteiger charge is 2.06. The zero-order valence-corrected chi connectivity index (χ0v) is 10.5. The highest BCUT2D eigenvalue weighted by atomic mass is 32.1. The van der Waals surface area contributed by atoms with Crippen LogP contribution in [0.25, 0.3) is 10.2 Å². The van der Waals surface area contributed by atoms with Crippen LogP contribution in [0.15, 0.2) is 17.6 Å². The Morgan fingerprint density at radius 3 is 3.06 bits per heavy atom. The lowest BCUT2D eigenvalue weighted by atomic mass is 10.2. The molecule has 92 valence electrons. The van der Waals surface area contributed by atoms with Gasteiger partial charge in [0, 0.05) is 13.2 Å². The number of aliphatic hydroxyl groups excluding tert-OH is 1. The van der Waals surface area contributed by atoms with Crippen LogP contribution >= 0.6 is 11.3 Å². The number of fused-ring (bicyclic) bond motifs is 1. The summed E-state index contributed by atoms with van der Waals surface area (Å²) in [5, 5.41) is 14.1. The summed E-state index contributed by atoms with van der Waals surface area (Å²) in [5.41, 5.74) is 8.61. The topological polar surface area (TPSA) is 71.2 Å². The second kappa shape index (κ2) is 5.84. The molecule has 0 fully saturated rings. The van der Waals surface area contributed by atoms with Gasteiger partial charge in [0.05, 0.1) is 27.8 Å². The fraction of sp³-hybridized carbons (Fsp3) is 0.417. The van der Waals surface area contributed by atoms with Crippen LogP contribution in [-0.2, 0) is 0 Å². The molecule has 0 bridgehead atoms. The highest BCUT2D eigenvalue weighted by molar-refractivity contribution is 7.17. The molecular formula is C12H17N3OS. The van der Waals surface area contributed by atoms with Gasteiger partial charge in [-0.15, -0.1) is 11.3 Å². The number of nitrogens with one attached hydrogen (secondary N) is 1. The van der Waals surface area contributed by atoms with Crippen molar-refractivity contribution in [1.29, 1.82) is 0 Å². The summed E-state index contributed by atoms with van der Waals surface area (Å²) in [4.78, 5) is 4.27. The second-order valence-electron chi connectivity index (χ2n) is 3.93. The van der Waals surface area contributed by atoms with Crippen LogP contribution in [0.2, 0.25) is 0 Å². The van der Waals surface area contributed by atoms with Crippen LogP contribution in [0, 0.1) is 0 Å². The van der Waals surface area contributed by atoms with Gasteiger partial charge >= 0.3 is 0 Å². The molecule has 0 amide bonds. The summed E-state index contributed by atoms with van der Waals surface area (Å²) in [5.74, 6) is 0. The molecule has 2 rings (SSSR count). The first-order chi connectivity index (χ1) is 8.33. The van der Waals surface area contributed by atoms with E-state index in [4.69, 9.17) is 10.8 Å². The van der Waals surface area contributed by atoms with Gasteiger partial charge in [-0.2, -0.15) is 0 Å². The Bertz CT molecular complexity index is 484. The number of unbranched alkanes of at least 4 members (excludes halogenated alkanes) is 2. The van der Waals surface area contributed by atoms with Crippen molar-refractivity contribution in [2.24, 2.45) is 0 Å². The van der Waals surface area contributed by atoms with Crippen LogP contribution in [0.1, 0.15) is 19.3 Å². The van der Waals surface area contributed by atoms with E-state index in [2.05, 4.69) is 10.3 Å². The number of nitrogens with zero attached hydrogens (tertiary/aromatic N) is 1. The first-order valence-electron chi connectivity index (χ1n) is 5.79. The quantitative estimate of drug-likeness (QED) is 0.690. The van der Waals surface area contributed by atoms with Gasteiger partial charge in [0.1, 0.15) is 0 Å². The lowest BCUT2D eigenvalue weighted by Crippen LogP contribution is -2.05. The summed E-state index contributed by atoms with van der Waals surface area (Å²) in [6.07, 6.45) is 4.63. The summed E-state index contributed by atoms with van der Waals surface area (Å²) < 4.78 is 1.12. The summed E-state index contributed by atoms with van der Waals surface area (Å²) in [7, 11) is 0. The van der Waals surface area contributed by atoms with E-state index in [0.717, 1.165) is 41.7 Å². The zero-order valence-electron chi connectivity index (χ0n) is 9.65. The minimum Gasteiger partial charge on any atom is -0.396 e. The van der Waals surface area contributed by atoms with E-state index in [-0.39, 0.29) is 6.61 Å². The van der Waals surface area contributed by atoms with Gasteiger partial charge in [-0.1, -0.05) is 0 Å². The Kier molecular flexibility index (Phi) is 4.17. The first kappa shape index (κ1) is 12.1. The molecule has 0 aromatic carbocycles. The number of anilines is 2. The Hall–Kier alpha value is -1.33. The van der Waals surface area contributed by atoms with Crippen molar-refractivity contribution in [3.8, 4) is 0 Å². The van der Waals surface area contributed by atoms with Gasteiger partial charge in [-0.25, -0.2) is 0 Å². The second-order valence-corrected chi connectivity index (χ2v) is 4.85. The molecule has 0 aliphatic heterocycles. The van der Waals surface area contributed by atoms with Crippen molar-refractivity contribution in [3.05, 3.63) is 17.6 Å². The third-order valence-corrected chi connectivity index (χ3v) is 3.56. The number of hydrogen-bond donors (Lipinski definition) is 3. The molecule has 0 atom stereocenters. The average Bonchev–Trinajstić information content (AvgIpc) is 2.79. The lowest BCUT2D eigenvalue weighted by Gasteiger charge is -2.09. The van der Waals surface area contributed by atoms with Gasteiger partial charge in [-0.3, -0.25) is 4.98 Å². The highest BCUT2D eigenvalue weighted by Crippen LogP contribution is 2.31. The molecule has 0 aliphatic rings. The molecule has 2 aromatic heterocycles. The van der Waals surface area contributed by atoms with Gasteiger partial charge in [0.25, 0.3) is 0 Å². The average molecular weight is 251 g/mol. The maximum absolute atomic E-state index is 8.69. The number of nitrogen functional groups attached to an aromatic ring is 1. The van der Waals surface area contributed by atoms with Crippen molar-refractivity contribution < 1.29 is 5.11 Å². The Morgan fingerprint density at radius 2 is 2.24 bits per heavy atom. The number of rotatable bonds is 6. The van der Waals surface area contributed by atoms with Crippen LogP contribution in [-0.4, -0.2) is 23.2 Å². The Morgan fingerprint density at radius 1 is 1.35 bits per heavy atom. The van der Waals surface area contributed by atoms with Gasteiger partial charge < -0.3 is 16.2 Å². The molecule has 4 N–H and O–H groups in total. The zero-order chi connectivity index (χ0) is 12.1. The number of aliphatic hydroxyl groups is 1. The number of hydrogen-bond acceptors (Lipinski definition) is 5. The normalized spacial score (nSPS) is 10.9. The number of nitrogens with two attached hydrogens (primary N) is 1. The summed E-state index contributed by atoms with van der Waals surface area (Å²) >= 11 is 1.65. The Labute approximate surface area is 104 Å². The van der Waals surface area contributed by atoms with Gasteiger partial charge in [0.15, 0.2) is 0 Å². The van der Waals surface area contributed by atoms with E-state index < -0.39 is 0 Å². The number of aromatic nitrogens is 1. The minimum absolute atomic E-state index is 0.270. The van der Waals surface area contributed by atoms with E-state index >= 15 is 0 Å². The largest absolute Gasteiger partial charge is 0.396 e. The number of thiophene rings is 1. The molecule has 0 radical (unpaired) electrons. The molecule has 0 saturated carbocycles. The van der Waals surface area contributed by atoms with E-state index in [1.165, 1.54) is 0 Å². The van der Waals surface area contributed by atoms with E-state index in [9.17, 15) is 0 Å². The van der Waals surface area contributed by atoms with Crippen LogP contribution < -0.4 is 11.1 Å². The minimum atomic E-state index is 0.270. The van der Waals surface area contributed by atoms with Crippen molar-refractivity contribution in [2.75, 3.05) is 24.2 Å². The molecule has 2 aromatic rings. The van der Waals surface area contributed by atoms with Crippen molar-refractivity contribution in [3.63, 3.8) is 0 Å². The smallest absolute Gasteiger partial charge is 0.0832 e. The maximum atomic E-state index is 8.69. The number of pyridine rings is 1. The third-order valence-electron chi connectivity index (χ3n) is 2.64. The molecule has 5 heteroatoms. The molecule has 0 saturated heterocycles. The molecule has 4 nitrogen and oxygen atoms in total. The Balaban J connectivity index is 2.02. The van der Waals surface area contributed by atoms with Gasteiger partial charge in [0.2, 0.25) is 0 Å². The molecular weight excluding hydrogens is 234 g/mol. The van der Waals surface area contributed by atoms with E-state index in [1.54, 1.807) is 17.5 Å². The summed E-state index contributed by atoms with van der Waals surface area (Å²) in [6.45, 7) is 1.15. The monoisotopic (exact) mass is 251 g/mol. The van der Waals surface area contributed by atoms with E-state index in [0.29, 0.717) is 5.69 Å². The lowest BCUT2D eigenvalue weighted by molar-refractivity contribution is 0.283. The van der Waals surface area contributed by atoms with Crippen molar-refractivity contribution in [1.82, 2.24) is 4.98 Å². The fourth-order valence-corrected chi connectivity index (χ4v) is 2.62. The molecule has 0 unspecified atom stereocenters. The maximum Gasteiger partial charge on any atom is 0.0832 e. The fourth-order valence-electron chi connectivity index (χ4n) is 1.74. The van der Waals surface area contributed by atoms with Crippen molar-refractivity contribution >= 4 is 32.9 Å². The predicted molar refractivity (Wildman–Crippen MR) is 73.5 cm³/mol. The van der Waals surface area contributed by atoms with Crippen LogP contribution in [0.4, 0.5) is 11.4 Å². The summed E-state index contributed by atoms with van der Waals surface area (Å²) in [6, 6.07) is 2.00. The standard InChI is InChI=1S/C12H17N3OS/c13-9-8-15-10-4-7-17-12(10)11(9)14-5-2-1-3-6-16/h4,7-8,16H,1-3,5-6,13H2,(H,14,15). The molecule has 0 spiro atoms. The van der Waals surface area contributed by atoms with E-state index in [1.807, 2.05) is 11.4 Å². The molecule has 17 heavy (non-hydrogen) atoms. The first-order valence-corrected chi connectivity index (χ1v) is 6.67. The van der Waals surface area contributed by atoms with Crippen molar-refractivity contribution in [2.45, 2.75) is 19.3 Å². The predicted octanol–water partition coefficient (Wildman–Crippen LogP) is 2.45. The van der Waals surface area contributed by atoms with Crippen LogP contribution in [0.3, 0.4) is 0 Å². The molecule has 0 aliphatic carbocycles.